The molecule has 1 N–H and O–H groups in total. The van der Waals surface area contributed by atoms with Gasteiger partial charge in [-0.05, 0) is 47.5 Å². The minimum atomic E-state index is -0.598. The molecular weight excluding hydrogens is 479 g/mol. The highest BCUT2D eigenvalue weighted by atomic mass is 35.5. The topological polar surface area (TPSA) is 35.9 Å². The standard InChI is InChI=1S/C26H27Cl3N2O2/c27-21-9-5-19(6-10-21)26(20-7-11-22(28)12-8-20)33-18-23(32)17-30-13-15-31(16-14-30)25-4-2-1-3-24(25)29/h1-12,23,26,32H,13-18H2/t23-/m1/s1. The number of benzene rings is 3. The largest absolute Gasteiger partial charge is 0.389 e. The van der Waals surface area contributed by atoms with Gasteiger partial charge in [0.1, 0.15) is 6.10 Å². The summed E-state index contributed by atoms with van der Waals surface area (Å²) in [5.41, 5.74) is 3.01. The normalized spacial score (nSPS) is 15.7. The van der Waals surface area contributed by atoms with Crippen LogP contribution in [0.1, 0.15) is 17.2 Å². The monoisotopic (exact) mass is 504 g/mol. The van der Waals surface area contributed by atoms with Crippen molar-refractivity contribution in [2.24, 2.45) is 0 Å². The lowest BCUT2D eigenvalue weighted by Crippen LogP contribution is -2.49. The van der Waals surface area contributed by atoms with Crippen LogP contribution < -0.4 is 4.90 Å². The van der Waals surface area contributed by atoms with Gasteiger partial charge in [0, 0.05) is 42.8 Å². The van der Waals surface area contributed by atoms with Crippen molar-refractivity contribution in [3.8, 4) is 0 Å². The first-order valence-corrected chi connectivity index (χ1v) is 12.2. The van der Waals surface area contributed by atoms with E-state index < -0.39 is 6.10 Å². The zero-order valence-corrected chi connectivity index (χ0v) is 20.5. The average molecular weight is 506 g/mol. The maximum absolute atomic E-state index is 10.7. The lowest BCUT2D eigenvalue weighted by molar-refractivity contribution is -0.00893. The molecule has 0 aromatic heterocycles. The molecule has 33 heavy (non-hydrogen) atoms. The van der Waals surface area contributed by atoms with E-state index in [0.717, 1.165) is 48.0 Å². The predicted octanol–water partition coefficient (Wildman–Crippen LogP) is 5.94. The van der Waals surface area contributed by atoms with E-state index in [4.69, 9.17) is 39.5 Å². The van der Waals surface area contributed by atoms with Crippen molar-refractivity contribution in [2.45, 2.75) is 12.2 Å². The summed E-state index contributed by atoms with van der Waals surface area (Å²) in [7, 11) is 0. The maximum Gasteiger partial charge on any atom is 0.108 e. The lowest BCUT2D eigenvalue weighted by Gasteiger charge is -2.37. The molecule has 4 rings (SSSR count). The molecule has 1 saturated heterocycles. The Bertz CT molecular complexity index is 977. The molecule has 1 atom stereocenters. The Kier molecular flexibility index (Phi) is 8.53. The maximum atomic E-state index is 10.7. The van der Waals surface area contributed by atoms with Gasteiger partial charge in [0.05, 0.1) is 23.4 Å². The molecule has 0 spiro atoms. The third-order valence-corrected chi connectivity index (χ3v) is 6.66. The van der Waals surface area contributed by atoms with Gasteiger partial charge in [0.15, 0.2) is 0 Å². The highest BCUT2D eigenvalue weighted by Crippen LogP contribution is 2.29. The number of hydrogen-bond donors (Lipinski definition) is 1. The van der Waals surface area contributed by atoms with Crippen LogP contribution in [0, 0.1) is 0 Å². The smallest absolute Gasteiger partial charge is 0.108 e. The molecule has 1 heterocycles. The molecule has 174 valence electrons. The first kappa shape index (κ1) is 24.3. The van der Waals surface area contributed by atoms with Crippen LogP contribution in [0.2, 0.25) is 15.1 Å². The highest BCUT2D eigenvalue weighted by Gasteiger charge is 2.22. The number of β-amino-alcohol motifs (C(OH)–C–C–N with tert-alkyl or cyclic N) is 1. The van der Waals surface area contributed by atoms with E-state index >= 15 is 0 Å². The summed E-state index contributed by atoms with van der Waals surface area (Å²) in [6.07, 6.45) is -0.912. The minimum absolute atomic E-state index is 0.223. The highest BCUT2D eigenvalue weighted by molar-refractivity contribution is 6.33. The van der Waals surface area contributed by atoms with Gasteiger partial charge >= 0.3 is 0 Å². The molecule has 0 aliphatic carbocycles. The second-order valence-corrected chi connectivity index (χ2v) is 9.49. The van der Waals surface area contributed by atoms with Gasteiger partial charge < -0.3 is 14.7 Å². The van der Waals surface area contributed by atoms with Crippen LogP contribution >= 0.6 is 34.8 Å². The number of para-hydroxylation sites is 1. The Hall–Kier alpha value is -1.79. The Morgan fingerprint density at radius 2 is 1.30 bits per heavy atom. The average Bonchev–Trinajstić information content (AvgIpc) is 2.82. The Labute approximate surface area is 210 Å². The summed E-state index contributed by atoms with van der Waals surface area (Å²) in [5.74, 6) is 0. The van der Waals surface area contributed by atoms with Crippen molar-refractivity contribution in [3.05, 3.63) is 99.0 Å². The molecule has 3 aromatic carbocycles. The molecule has 7 heteroatoms. The van der Waals surface area contributed by atoms with Gasteiger partial charge in [-0.3, -0.25) is 4.90 Å². The second kappa shape index (κ2) is 11.6. The molecule has 1 aliphatic rings. The van der Waals surface area contributed by atoms with E-state index in [1.807, 2.05) is 72.8 Å². The van der Waals surface area contributed by atoms with Crippen LogP contribution in [0.3, 0.4) is 0 Å². The van der Waals surface area contributed by atoms with E-state index in [1.165, 1.54) is 0 Å². The predicted molar refractivity (Wildman–Crippen MR) is 137 cm³/mol. The number of aliphatic hydroxyl groups is 1. The van der Waals surface area contributed by atoms with Gasteiger partial charge in [0.25, 0.3) is 0 Å². The number of hydrogen-bond acceptors (Lipinski definition) is 4. The quantitative estimate of drug-likeness (QED) is 0.411. The summed E-state index contributed by atoms with van der Waals surface area (Å²) in [6, 6.07) is 23.1. The Balaban J connectivity index is 1.33. The molecule has 1 fully saturated rings. The van der Waals surface area contributed by atoms with Crippen molar-refractivity contribution in [1.82, 2.24) is 4.90 Å². The summed E-state index contributed by atoms with van der Waals surface area (Å²) in [5, 5.41) is 12.8. The Morgan fingerprint density at radius 1 is 0.758 bits per heavy atom. The molecule has 0 bridgehead atoms. The van der Waals surface area contributed by atoms with E-state index in [9.17, 15) is 5.11 Å². The summed E-state index contributed by atoms with van der Waals surface area (Å²) in [4.78, 5) is 4.56. The van der Waals surface area contributed by atoms with E-state index in [-0.39, 0.29) is 12.7 Å². The zero-order chi connectivity index (χ0) is 23.2. The van der Waals surface area contributed by atoms with Crippen molar-refractivity contribution >= 4 is 40.5 Å². The second-order valence-electron chi connectivity index (χ2n) is 8.21. The fourth-order valence-electron chi connectivity index (χ4n) is 4.10. The van der Waals surface area contributed by atoms with Gasteiger partial charge in [-0.2, -0.15) is 0 Å². The van der Waals surface area contributed by atoms with Gasteiger partial charge in [-0.25, -0.2) is 0 Å². The van der Waals surface area contributed by atoms with Gasteiger partial charge in [-0.15, -0.1) is 0 Å². The van der Waals surface area contributed by atoms with E-state index in [2.05, 4.69) is 9.80 Å². The van der Waals surface area contributed by atoms with E-state index in [0.29, 0.717) is 16.6 Å². The third-order valence-electron chi connectivity index (χ3n) is 5.84. The fourth-order valence-corrected chi connectivity index (χ4v) is 4.60. The summed E-state index contributed by atoms with van der Waals surface area (Å²) in [6.45, 7) is 4.25. The van der Waals surface area contributed by atoms with Crippen molar-refractivity contribution in [2.75, 3.05) is 44.2 Å². The van der Waals surface area contributed by atoms with Gasteiger partial charge in [0.2, 0.25) is 0 Å². The number of anilines is 1. The van der Waals surface area contributed by atoms with Crippen LogP contribution in [0.15, 0.2) is 72.8 Å². The molecule has 4 nitrogen and oxygen atoms in total. The van der Waals surface area contributed by atoms with Crippen molar-refractivity contribution in [3.63, 3.8) is 0 Å². The van der Waals surface area contributed by atoms with Crippen LogP contribution in [-0.2, 0) is 4.74 Å². The number of piperazine rings is 1. The molecule has 0 radical (unpaired) electrons. The Morgan fingerprint density at radius 3 is 1.85 bits per heavy atom. The molecular formula is C26H27Cl3N2O2. The first-order chi connectivity index (χ1) is 16.0. The van der Waals surface area contributed by atoms with Crippen LogP contribution in [0.25, 0.3) is 0 Å². The molecule has 1 aliphatic heterocycles. The SMILES string of the molecule is O[C@@H](COC(c1ccc(Cl)cc1)c1ccc(Cl)cc1)CN1CCN(c2ccccc2Cl)CC1. The third kappa shape index (κ3) is 6.63. The van der Waals surface area contributed by atoms with Crippen LogP contribution in [-0.4, -0.2) is 55.4 Å². The zero-order valence-electron chi connectivity index (χ0n) is 18.2. The van der Waals surface area contributed by atoms with Crippen LogP contribution in [0.5, 0.6) is 0 Å². The summed E-state index contributed by atoms with van der Waals surface area (Å²) < 4.78 is 6.21. The molecule has 0 amide bonds. The van der Waals surface area contributed by atoms with Crippen molar-refractivity contribution in [1.29, 1.82) is 0 Å². The van der Waals surface area contributed by atoms with Crippen molar-refractivity contribution < 1.29 is 9.84 Å². The number of rotatable bonds is 8. The first-order valence-electron chi connectivity index (χ1n) is 11.0. The number of nitrogens with zero attached hydrogens (tertiary/aromatic N) is 2. The van der Waals surface area contributed by atoms with E-state index in [1.54, 1.807) is 0 Å². The number of ether oxygens (including phenoxy) is 1. The number of aliphatic hydroxyl groups excluding tert-OH is 1. The number of halogens is 3. The lowest BCUT2D eigenvalue weighted by atomic mass is 10.0. The van der Waals surface area contributed by atoms with Crippen LogP contribution in [0.4, 0.5) is 5.69 Å². The minimum Gasteiger partial charge on any atom is -0.389 e. The van der Waals surface area contributed by atoms with Gasteiger partial charge in [-0.1, -0.05) is 71.2 Å². The summed E-state index contributed by atoms with van der Waals surface area (Å²) >= 11 is 18.5. The fraction of sp³-hybridized carbons (Fsp3) is 0.308. The molecule has 3 aromatic rings. The molecule has 0 unspecified atom stereocenters. The molecule has 0 saturated carbocycles.